The maximum absolute atomic E-state index is 14.1. The molecule has 0 aromatic heterocycles. The number of likely N-dealkylation sites (tertiary alicyclic amines) is 1. The van der Waals surface area contributed by atoms with Crippen molar-refractivity contribution >= 4 is 6.03 Å². The van der Waals surface area contributed by atoms with Gasteiger partial charge in [0, 0.05) is 51.4 Å². The van der Waals surface area contributed by atoms with Gasteiger partial charge in [-0.2, -0.15) is 0 Å². The van der Waals surface area contributed by atoms with Gasteiger partial charge >= 0.3 is 6.03 Å². The number of hydrogen-bond acceptors (Lipinski definition) is 4. The minimum absolute atomic E-state index is 0.00236. The molecule has 1 saturated carbocycles. The normalized spacial score (nSPS) is 20.8. The van der Waals surface area contributed by atoms with E-state index < -0.39 is 17.7 Å². The molecule has 1 heterocycles. The van der Waals surface area contributed by atoms with Gasteiger partial charge < -0.3 is 25.0 Å². The first-order valence-electron chi connectivity index (χ1n) is 13.9. The number of nitrogens with one attached hydrogen (secondary N) is 2. The summed E-state index contributed by atoms with van der Waals surface area (Å²) in [6.07, 6.45) is 9.41. The largest absolute Gasteiger partial charge is 0.382 e. The summed E-state index contributed by atoms with van der Waals surface area (Å²) in [4.78, 5) is 15.2. The van der Waals surface area contributed by atoms with E-state index in [-0.39, 0.29) is 18.0 Å². The molecule has 3 atom stereocenters. The molecule has 2 N–H and O–H groups in total. The Morgan fingerprint density at radius 2 is 1.92 bits per heavy atom. The number of nitrogens with zero attached hydrogens (tertiary/aromatic N) is 1. The van der Waals surface area contributed by atoms with Gasteiger partial charge in [-0.1, -0.05) is 38.2 Å². The Labute approximate surface area is 215 Å². The molecule has 204 valence electrons. The van der Waals surface area contributed by atoms with Crippen LogP contribution in [0.4, 0.5) is 13.6 Å². The average Bonchev–Trinajstić information content (AvgIpc) is 2.89. The highest BCUT2D eigenvalue weighted by Gasteiger charge is 2.32. The molecule has 0 radical (unpaired) electrons. The lowest BCUT2D eigenvalue weighted by atomic mass is 9.85. The summed E-state index contributed by atoms with van der Waals surface area (Å²) >= 11 is 0. The average molecular weight is 510 g/mol. The van der Waals surface area contributed by atoms with Crippen molar-refractivity contribution in [1.29, 1.82) is 0 Å². The highest BCUT2D eigenvalue weighted by Crippen LogP contribution is 2.34. The summed E-state index contributed by atoms with van der Waals surface area (Å²) in [6.45, 7) is 5.60. The second-order valence-electron chi connectivity index (χ2n) is 10.3. The Balaban J connectivity index is 1.63. The van der Waals surface area contributed by atoms with Crippen LogP contribution in [0.2, 0.25) is 0 Å². The van der Waals surface area contributed by atoms with Gasteiger partial charge in [0.15, 0.2) is 11.6 Å². The van der Waals surface area contributed by atoms with Crippen molar-refractivity contribution in [2.75, 3.05) is 46.5 Å². The fourth-order valence-electron chi connectivity index (χ4n) is 5.68. The smallest absolute Gasteiger partial charge is 0.317 e. The molecule has 0 bridgehead atoms. The van der Waals surface area contributed by atoms with E-state index in [1.54, 1.807) is 6.07 Å². The Bertz CT molecular complexity index is 791. The zero-order valence-corrected chi connectivity index (χ0v) is 22.1. The number of carbonyl (C=O) groups excluding carboxylic acids is 1. The molecule has 1 aromatic rings. The molecule has 1 aliphatic carbocycles. The van der Waals surface area contributed by atoms with Crippen LogP contribution in [0.5, 0.6) is 0 Å². The van der Waals surface area contributed by atoms with Crippen molar-refractivity contribution in [3.8, 4) is 0 Å². The third kappa shape index (κ3) is 8.96. The van der Waals surface area contributed by atoms with Crippen LogP contribution in [-0.2, 0) is 9.47 Å². The number of carbonyl (C=O) groups is 1. The van der Waals surface area contributed by atoms with Crippen LogP contribution in [0, 0.1) is 23.5 Å². The lowest BCUT2D eigenvalue weighted by Crippen LogP contribution is -2.52. The zero-order valence-electron chi connectivity index (χ0n) is 22.1. The van der Waals surface area contributed by atoms with E-state index in [2.05, 4.69) is 10.6 Å². The van der Waals surface area contributed by atoms with Gasteiger partial charge in [-0.15, -0.1) is 0 Å². The number of piperidine rings is 1. The van der Waals surface area contributed by atoms with Crippen LogP contribution >= 0.6 is 0 Å². The highest BCUT2D eigenvalue weighted by atomic mass is 19.2. The Morgan fingerprint density at radius 1 is 1.11 bits per heavy atom. The molecule has 2 fully saturated rings. The number of amides is 2. The van der Waals surface area contributed by atoms with E-state index in [0.29, 0.717) is 44.4 Å². The van der Waals surface area contributed by atoms with Crippen molar-refractivity contribution in [1.82, 2.24) is 15.5 Å². The first kappa shape index (κ1) is 28.8. The Morgan fingerprint density at radius 3 is 2.64 bits per heavy atom. The van der Waals surface area contributed by atoms with Gasteiger partial charge in [0.2, 0.25) is 0 Å². The summed E-state index contributed by atoms with van der Waals surface area (Å²) < 4.78 is 39.3. The number of halogens is 2. The molecule has 0 unspecified atom stereocenters. The van der Waals surface area contributed by atoms with E-state index in [1.807, 2.05) is 18.9 Å². The van der Waals surface area contributed by atoms with Crippen molar-refractivity contribution in [2.45, 2.75) is 76.9 Å². The van der Waals surface area contributed by atoms with Crippen molar-refractivity contribution < 1.29 is 23.0 Å². The maximum Gasteiger partial charge on any atom is 0.317 e. The molecule has 3 rings (SSSR count). The van der Waals surface area contributed by atoms with E-state index in [0.717, 1.165) is 38.3 Å². The van der Waals surface area contributed by atoms with Crippen molar-refractivity contribution in [3.63, 3.8) is 0 Å². The van der Waals surface area contributed by atoms with Crippen LogP contribution in [0.3, 0.4) is 0 Å². The molecule has 36 heavy (non-hydrogen) atoms. The van der Waals surface area contributed by atoms with Gasteiger partial charge in [0.1, 0.15) is 0 Å². The van der Waals surface area contributed by atoms with Gasteiger partial charge in [0.25, 0.3) is 0 Å². The first-order valence-corrected chi connectivity index (χ1v) is 13.9. The molecule has 8 heteroatoms. The van der Waals surface area contributed by atoms with Crippen LogP contribution in [0.15, 0.2) is 18.2 Å². The van der Waals surface area contributed by atoms with Crippen molar-refractivity contribution in [2.24, 2.45) is 11.8 Å². The number of urea groups is 1. The lowest BCUT2D eigenvalue weighted by molar-refractivity contribution is -0.0186. The fourth-order valence-corrected chi connectivity index (χ4v) is 5.68. The summed E-state index contributed by atoms with van der Waals surface area (Å²) in [5.41, 5.74) is 0.614. The summed E-state index contributed by atoms with van der Waals surface area (Å²) in [6, 6.07) is 4.04. The monoisotopic (exact) mass is 509 g/mol. The summed E-state index contributed by atoms with van der Waals surface area (Å²) in [7, 11) is 1.92. The van der Waals surface area contributed by atoms with Crippen LogP contribution < -0.4 is 10.6 Å². The number of ether oxygens (including phenoxy) is 2. The van der Waals surface area contributed by atoms with Gasteiger partial charge in [-0.3, -0.25) is 0 Å². The third-order valence-corrected chi connectivity index (χ3v) is 7.50. The zero-order chi connectivity index (χ0) is 25.8. The van der Waals surface area contributed by atoms with Gasteiger partial charge in [-0.25, -0.2) is 13.6 Å². The molecular weight excluding hydrogens is 464 g/mol. The van der Waals surface area contributed by atoms with E-state index >= 15 is 0 Å². The number of hydrogen-bond donors (Lipinski definition) is 2. The van der Waals surface area contributed by atoms with Gasteiger partial charge in [-0.05, 0) is 63.3 Å². The lowest BCUT2D eigenvalue weighted by Gasteiger charge is -2.38. The van der Waals surface area contributed by atoms with E-state index in [9.17, 15) is 13.6 Å². The molecule has 1 aromatic carbocycles. The van der Waals surface area contributed by atoms with Crippen molar-refractivity contribution in [3.05, 3.63) is 35.4 Å². The molecule has 1 aliphatic heterocycles. The SMILES string of the molecule is CCOCCCO[C@@H](c1ccc(F)c(F)c1)[C@@H]1CCCN(C(=O)N[C@H](CNC)CC2CCCCC2)C1. The van der Waals surface area contributed by atoms with E-state index in [1.165, 1.54) is 38.2 Å². The molecule has 1 saturated heterocycles. The minimum Gasteiger partial charge on any atom is -0.382 e. The predicted molar refractivity (Wildman–Crippen MR) is 138 cm³/mol. The Hall–Kier alpha value is -1.77. The molecular formula is C28H45F2N3O3. The predicted octanol–water partition coefficient (Wildman–Crippen LogP) is 5.43. The topological polar surface area (TPSA) is 62.8 Å². The second kappa shape index (κ2) is 15.5. The van der Waals surface area contributed by atoms with Crippen LogP contribution in [0.1, 0.15) is 76.4 Å². The quantitative estimate of drug-likeness (QED) is 0.348. The number of benzene rings is 1. The van der Waals surface area contributed by atoms with Crippen LogP contribution in [0.25, 0.3) is 0 Å². The Kier molecular flexibility index (Phi) is 12.4. The fraction of sp³-hybridized carbons (Fsp3) is 0.750. The molecule has 2 amide bonds. The third-order valence-electron chi connectivity index (χ3n) is 7.50. The molecule has 0 spiro atoms. The highest BCUT2D eigenvalue weighted by molar-refractivity contribution is 5.74. The number of likely N-dealkylation sites (N-methyl/N-ethyl adjacent to an activating group) is 1. The molecule has 6 nitrogen and oxygen atoms in total. The standard InChI is InChI=1S/C28H45F2N3O3/c1-3-35-15-8-16-36-27(22-12-13-25(29)26(30)18-22)23-11-7-14-33(20-23)28(34)32-24(19-31-2)17-21-9-5-4-6-10-21/h12-13,18,21,23-24,27,31H,3-11,14-17,19-20H2,1-2H3,(H,32,34)/t23-,24+,27+/m1/s1. The summed E-state index contributed by atoms with van der Waals surface area (Å²) in [5.74, 6) is -1.07. The molecule has 2 aliphatic rings. The minimum atomic E-state index is -0.876. The second-order valence-corrected chi connectivity index (χ2v) is 10.3. The number of rotatable bonds is 13. The maximum atomic E-state index is 14.1. The van der Waals surface area contributed by atoms with Crippen LogP contribution in [-0.4, -0.2) is 63.5 Å². The van der Waals surface area contributed by atoms with Gasteiger partial charge in [0.05, 0.1) is 6.10 Å². The summed E-state index contributed by atoms with van der Waals surface area (Å²) in [5, 5.41) is 6.51. The van der Waals surface area contributed by atoms with E-state index in [4.69, 9.17) is 9.47 Å². The first-order chi connectivity index (χ1) is 17.5.